The number of rotatable bonds is 8. The van der Waals surface area contributed by atoms with E-state index in [2.05, 4.69) is 19.9 Å². The molecule has 0 saturated carbocycles. The van der Waals surface area contributed by atoms with Crippen molar-refractivity contribution < 1.29 is 127 Å². The third-order valence-corrected chi connectivity index (χ3v) is 9.31. The topological polar surface area (TPSA) is 290 Å². The van der Waals surface area contributed by atoms with Crippen LogP contribution in [0.3, 0.4) is 0 Å². The standard InChI is InChI=1S/2C16H17BN3O7.2Na/c2*21-15(11-5-18-8-19-11)20-6-10(7-20)26-12-2-1-9-3-4-17(24,25)27-14(9)13(12)16(22)23;;/h2*1-2,5,8,10,24-25H,3-4,6-7H2,(H,18,19)(H,22,23);;/q2*-1;2*+1. The average molecular weight is 794 g/mol. The van der Waals surface area contributed by atoms with Crippen LogP contribution in [0.4, 0.5) is 0 Å². The van der Waals surface area contributed by atoms with Crippen LogP contribution in [0, 0.1) is 0 Å². The number of hydrogen-bond acceptors (Lipinski definition) is 14. The summed E-state index contributed by atoms with van der Waals surface area (Å²) in [5, 5.41) is 58.1. The first-order chi connectivity index (χ1) is 25.7. The number of likely N-dealkylation sites (tertiary alicyclic amines) is 2. The second-order valence-electron chi connectivity index (χ2n) is 13.3. The summed E-state index contributed by atoms with van der Waals surface area (Å²) in [5.41, 5.74) is 1.24. The number of amides is 2. The normalized spacial score (nSPS) is 17.6. The monoisotopic (exact) mass is 794 g/mol. The molecule has 2 fully saturated rings. The van der Waals surface area contributed by atoms with Crippen molar-refractivity contribution in [3.05, 3.63) is 83.0 Å². The molecular formula is C32H34B2N6Na2O14. The maximum Gasteiger partial charge on any atom is 1.00 e. The molecular weight excluding hydrogens is 760 g/mol. The van der Waals surface area contributed by atoms with Crippen molar-refractivity contribution in [3.63, 3.8) is 0 Å². The Kier molecular flexibility index (Phi) is 13.2. The Morgan fingerprint density at radius 1 is 0.661 bits per heavy atom. The van der Waals surface area contributed by atoms with Crippen molar-refractivity contribution in [3.8, 4) is 23.0 Å². The number of carbonyl (C=O) groups is 4. The summed E-state index contributed by atoms with van der Waals surface area (Å²) in [4.78, 5) is 64.0. The van der Waals surface area contributed by atoms with E-state index in [1.54, 1.807) is 12.1 Å². The fourth-order valence-corrected chi connectivity index (χ4v) is 6.46. The molecule has 0 radical (unpaired) electrons. The van der Waals surface area contributed by atoms with Gasteiger partial charge in [-0.1, -0.05) is 24.8 Å². The van der Waals surface area contributed by atoms with Gasteiger partial charge in [-0.05, 0) is 36.1 Å². The molecule has 24 heteroatoms. The molecule has 0 unspecified atom stereocenters. The minimum Gasteiger partial charge on any atom is -0.669 e. The fourth-order valence-electron chi connectivity index (χ4n) is 6.46. The van der Waals surface area contributed by atoms with Crippen LogP contribution < -0.4 is 77.9 Å². The molecule has 2 amide bonds. The maximum atomic E-state index is 12.1. The number of imidazole rings is 2. The molecule has 4 aromatic rings. The summed E-state index contributed by atoms with van der Waals surface area (Å²) in [5.74, 6) is -3.11. The molecule has 8 rings (SSSR count). The summed E-state index contributed by atoms with van der Waals surface area (Å²) in [7, 11) is 0. The van der Waals surface area contributed by atoms with Crippen LogP contribution in [0.15, 0.2) is 49.3 Å². The Labute approximate surface area is 361 Å². The van der Waals surface area contributed by atoms with E-state index in [4.69, 9.17) is 18.8 Å². The van der Waals surface area contributed by atoms with E-state index in [9.17, 15) is 49.5 Å². The minimum atomic E-state index is -3.09. The number of carbonyl (C=O) groups excluding carboxylic acids is 2. The number of aromatic nitrogens is 4. The number of nitrogens with zero attached hydrogens (tertiary/aromatic N) is 4. The Bertz CT molecular complexity index is 1950. The number of fused-ring (bicyclic) bond motifs is 2. The molecule has 20 nitrogen and oxygen atoms in total. The van der Waals surface area contributed by atoms with Gasteiger partial charge in [0.1, 0.15) is 46.2 Å². The molecule has 0 spiro atoms. The third kappa shape index (κ3) is 9.20. The molecule has 0 atom stereocenters. The van der Waals surface area contributed by atoms with E-state index >= 15 is 0 Å². The number of aryl methyl sites for hydroxylation is 2. The minimum absolute atomic E-state index is 0. The van der Waals surface area contributed by atoms with Gasteiger partial charge in [-0.2, -0.15) is 0 Å². The van der Waals surface area contributed by atoms with E-state index in [-0.39, 0.29) is 169 Å². The molecule has 6 heterocycles. The number of hydrogen-bond donors (Lipinski definition) is 8. The predicted molar refractivity (Wildman–Crippen MR) is 183 cm³/mol. The van der Waals surface area contributed by atoms with Gasteiger partial charge < -0.3 is 68.9 Å². The van der Waals surface area contributed by atoms with E-state index in [0.29, 0.717) is 22.5 Å². The van der Waals surface area contributed by atoms with Crippen LogP contribution in [0.1, 0.15) is 52.8 Å². The number of nitrogens with one attached hydrogen (secondary N) is 2. The second kappa shape index (κ2) is 17.2. The van der Waals surface area contributed by atoms with Crippen molar-refractivity contribution in [1.29, 1.82) is 0 Å². The maximum absolute atomic E-state index is 12.1. The second-order valence-corrected chi connectivity index (χ2v) is 13.3. The first kappa shape index (κ1) is 43.0. The van der Waals surface area contributed by atoms with Gasteiger partial charge in [0.15, 0.2) is 0 Å². The summed E-state index contributed by atoms with van der Waals surface area (Å²) in [6.45, 7) is -5.03. The SMILES string of the molecule is O=C(O)c1c(OC2CN(C(=O)c3c[nH]cn3)C2)ccc2c1O[B-](O)(O)CC2.O=C(O)c1c(OC2CN(C(=O)c3c[nH]cn3)C2)ccc2c1O[B-](O)(O)CC2.[Na+].[Na+]. The number of carboxylic acid groups (broad SMARTS) is 2. The molecule has 284 valence electrons. The van der Waals surface area contributed by atoms with Crippen molar-refractivity contribution in [1.82, 2.24) is 29.7 Å². The quantitative estimate of drug-likeness (QED) is 0.0770. The zero-order valence-electron chi connectivity index (χ0n) is 30.3. The van der Waals surface area contributed by atoms with Crippen molar-refractivity contribution in [2.24, 2.45) is 0 Å². The van der Waals surface area contributed by atoms with Gasteiger partial charge in [0, 0.05) is 12.4 Å². The van der Waals surface area contributed by atoms with Crippen LogP contribution in [0.2, 0.25) is 12.6 Å². The number of H-pyrrole nitrogens is 2. The Morgan fingerprint density at radius 3 is 1.36 bits per heavy atom. The van der Waals surface area contributed by atoms with Gasteiger partial charge in [0.25, 0.3) is 11.8 Å². The molecule has 4 aliphatic rings. The van der Waals surface area contributed by atoms with Crippen molar-refractivity contribution >= 4 is 37.3 Å². The van der Waals surface area contributed by atoms with E-state index in [1.165, 1.54) is 47.0 Å². The predicted octanol–water partition coefficient (Wildman–Crippen LogP) is -6.25. The van der Waals surface area contributed by atoms with Gasteiger partial charge in [0.2, 0.25) is 0 Å². The largest absolute Gasteiger partial charge is 1.00 e. The Balaban J connectivity index is 0.000000207. The summed E-state index contributed by atoms with van der Waals surface area (Å²) in [6, 6.07) is 6.35. The zero-order valence-corrected chi connectivity index (χ0v) is 34.3. The van der Waals surface area contributed by atoms with E-state index in [1.807, 2.05) is 0 Å². The summed E-state index contributed by atoms with van der Waals surface area (Å²) in [6.07, 6.45) is 5.63. The number of aromatic carboxylic acids is 2. The van der Waals surface area contributed by atoms with Crippen LogP contribution >= 0.6 is 0 Å². The van der Waals surface area contributed by atoms with Crippen LogP contribution in [-0.4, -0.2) is 136 Å². The van der Waals surface area contributed by atoms with Crippen LogP contribution in [0.25, 0.3) is 0 Å². The molecule has 8 N–H and O–H groups in total. The molecule has 4 aliphatic heterocycles. The van der Waals surface area contributed by atoms with E-state index in [0.717, 1.165) is 0 Å². The first-order valence-electron chi connectivity index (χ1n) is 16.9. The Morgan fingerprint density at radius 2 is 1.04 bits per heavy atom. The fraction of sp³-hybridized carbons (Fsp3) is 0.312. The smallest absolute Gasteiger partial charge is 0.669 e. The average Bonchev–Trinajstić information content (AvgIpc) is 3.81. The van der Waals surface area contributed by atoms with Crippen LogP contribution in [-0.2, 0) is 12.8 Å². The Hall–Kier alpha value is -4.09. The molecule has 2 aromatic carbocycles. The number of aromatic amines is 2. The molecule has 0 aliphatic carbocycles. The molecule has 2 aromatic heterocycles. The van der Waals surface area contributed by atoms with Gasteiger partial charge in [-0.25, -0.2) is 19.6 Å². The van der Waals surface area contributed by atoms with Gasteiger partial charge >= 0.3 is 84.6 Å². The zero-order chi connectivity index (χ0) is 38.4. The van der Waals surface area contributed by atoms with Gasteiger partial charge in [0.05, 0.1) is 50.3 Å². The summed E-state index contributed by atoms with van der Waals surface area (Å²) >= 11 is 0. The summed E-state index contributed by atoms with van der Waals surface area (Å²) < 4.78 is 21.7. The van der Waals surface area contributed by atoms with E-state index < -0.39 is 25.4 Å². The first-order valence-corrected chi connectivity index (χ1v) is 16.9. The third-order valence-electron chi connectivity index (χ3n) is 9.31. The van der Waals surface area contributed by atoms with Crippen molar-refractivity contribution in [2.45, 2.75) is 37.7 Å². The number of benzene rings is 2. The van der Waals surface area contributed by atoms with Crippen molar-refractivity contribution in [2.75, 3.05) is 26.2 Å². The molecule has 0 bridgehead atoms. The molecule has 2 saturated heterocycles. The molecule has 56 heavy (non-hydrogen) atoms. The van der Waals surface area contributed by atoms with Gasteiger partial charge in [-0.3, -0.25) is 9.59 Å². The van der Waals surface area contributed by atoms with Crippen LogP contribution in [0.5, 0.6) is 23.0 Å². The number of ether oxygens (including phenoxy) is 2. The van der Waals surface area contributed by atoms with Gasteiger partial charge in [-0.15, -0.1) is 0 Å². The number of carboxylic acids is 2.